The van der Waals surface area contributed by atoms with E-state index in [1.165, 1.54) is 12.1 Å². The summed E-state index contributed by atoms with van der Waals surface area (Å²) in [5, 5.41) is 0. The minimum absolute atomic E-state index is 0.226. The van der Waals surface area contributed by atoms with Crippen LogP contribution in [-0.2, 0) is 9.84 Å². The summed E-state index contributed by atoms with van der Waals surface area (Å²) in [7, 11) is -3.33. The van der Waals surface area contributed by atoms with Crippen molar-refractivity contribution < 1.29 is 13.2 Å². The summed E-state index contributed by atoms with van der Waals surface area (Å²) in [5.74, 6) is 2.50. The predicted molar refractivity (Wildman–Crippen MR) is 58.5 cm³/mol. The van der Waals surface area contributed by atoms with Crippen LogP contribution in [0.2, 0.25) is 0 Å². The first kappa shape index (κ1) is 11.6. The zero-order valence-corrected chi connectivity index (χ0v) is 9.25. The summed E-state index contributed by atoms with van der Waals surface area (Å²) in [6.07, 6.45) is 4.98. The fraction of sp³-hybridized carbons (Fsp3) is 0.273. The summed E-state index contributed by atoms with van der Waals surface area (Å²) in [6, 6.07) is 6.23. The third-order valence-electron chi connectivity index (χ3n) is 1.77. The first-order valence-corrected chi connectivity index (χ1v) is 6.14. The van der Waals surface area contributed by atoms with E-state index >= 15 is 0 Å². The van der Waals surface area contributed by atoms with Crippen molar-refractivity contribution in [2.24, 2.45) is 0 Å². The molecule has 0 saturated carbocycles. The van der Waals surface area contributed by atoms with E-state index in [1.54, 1.807) is 12.1 Å². The van der Waals surface area contributed by atoms with E-state index in [4.69, 9.17) is 11.2 Å². The van der Waals surface area contributed by atoms with E-state index in [0.717, 1.165) is 0 Å². The Morgan fingerprint density at radius 1 is 1.33 bits per heavy atom. The van der Waals surface area contributed by atoms with Crippen molar-refractivity contribution in [3.05, 3.63) is 24.3 Å². The highest BCUT2D eigenvalue weighted by Gasteiger charge is 2.12. The van der Waals surface area contributed by atoms with E-state index in [-0.39, 0.29) is 10.6 Å². The second kappa shape index (κ2) is 4.85. The van der Waals surface area contributed by atoms with Crippen molar-refractivity contribution in [1.82, 2.24) is 0 Å². The van der Waals surface area contributed by atoms with Crippen LogP contribution >= 0.6 is 0 Å². The molecule has 0 unspecified atom stereocenters. The van der Waals surface area contributed by atoms with Crippen molar-refractivity contribution in [3.8, 4) is 18.1 Å². The Morgan fingerprint density at radius 3 is 2.40 bits per heavy atom. The summed E-state index contributed by atoms with van der Waals surface area (Å²) >= 11 is 0. The molecule has 3 nitrogen and oxygen atoms in total. The van der Waals surface area contributed by atoms with Crippen molar-refractivity contribution in [2.45, 2.75) is 11.8 Å². The standard InChI is InChI=1S/C11H12O3S/c1-3-9-15(12,13)11-7-5-10(6-8-11)14-4-2/h1,5-8H,4,9H2,2H3. The molecular formula is C11H12O3S. The molecule has 80 valence electrons. The summed E-state index contributed by atoms with van der Waals surface area (Å²) in [6.45, 7) is 2.42. The van der Waals surface area contributed by atoms with Gasteiger partial charge in [-0.15, -0.1) is 6.42 Å². The largest absolute Gasteiger partial charge is 0.494 e. The molecule has 0 aromatic heterocycles. The Labute approximate surface area is 90.0 Å². The van der Waals surface area contributed by atoms with Gasteiger partial charge < -0.3 is 4.74 Å². The zero-order valence-electron chi connectivity index (χ0n) is 8.43. The number of sulfone groups is 1. The predicted octanol–water partition coefficient (Wildman–Crippen LogP) is 1.49. The van der Waals surface area contributed by atoms with Gasteiger partial charge in [-0.3, -0.25) is 0 Å². The number of rotatable bonds is 4. The SMILES string of the molecule is C#CCS(=O)(=O)c1ccc(OCC)cc1. The lowest BCUT2D eigenvalue weighted by Gasteiger charge is -2.04. The number of hydrogen-bond acceptors (Lipinski definition) is 3. The summed E-state index contributed by atoms with van der Waals surface area (Å²) in [4.78, 5) is 0.226. The molecule has 0 aliphatic rings. The maximum atomic E-state index is 11.5. The molecule has 0 aliphatic carbocycles. The average molecular weight is 224 g/mol. The Morgan fingerprint density at radius 2 is 1.93 bits per heavy atom. The first-order valence-electron chi connectivity index (χ1n) is 4.49. The number of benzene rings is 1. The first-order chi connectivity index (χ1) is 7.10. The zero-order chi connectivity index (χ0) is 11.3. The van der Waals surface area contributed by atoms with Crippen LogP contribution in [0.1, 0.15) is 6.92 Å². The maximum Gasteiger partial charge on any atom is 0.189 e. The van der Waals surface area contributed by atoms with Gasteiger partial charge in [0.05, 0.1) is 11.5 Å². The molecule has 0 spiro atoms. The van der Waals surface area contributed by atoms with E-state index in [2.05, 4.69) is 5.92 Å². The van der Waals surface area contributed by atoms with E-state index in [1.807, 2.05) is 6.92 Å². The molecule has 0 aliphatic heterocycles. The minimum Gasteiger partial charge on any atom is -0.494 e. The fourth-order valence-electron chi connectivity index (χ4n) is 1.10. The monoisotopic (exact) mass is 224 g/mol. The lowest BCUT2D eigenvalue weighted by atomic mass is 10.3. The van der Waals surface area contributed by atoms with Gasteiger partial charge in [0.15, 0.2) is 9.84 Å². The van der Waals surface area contributed by atoms with Gasteiger partial charge in [-0.25, -0.2) is 8.42 Å². The third kappa shape index (κ3) is 3.00. The quantitative estimate of drug-likeness (QED) is 0.728. The second-order valence-corrected chi connectivity index (χ2v) is 4.86. The lowest BCUT2D eigenvalue weighted by molar-refractivity contribution is 0.340. The van der Waals surface area contributed by atoms with Gasteiger partial charge >= 0.3 is 0 Å². The van der Waals surface area contributed by atoms with Crippen LogP contribution in [0.15, 0.2) is 29.2 Å². The van der Waals surface area contributed by atoms with Crippen LogP contribution in [0.25, 0.3) is 0 Å². The Balaban J connectivity index is 2.95. The van der Waals surface area contributed by atoms with Crippen LogP contribution < -0.4 is 4.74 Å². The van der Waals surface area contributed by atoms with Gasteiger partial charge in [-0.2, -0.15) is 0 Å². The van der Waals surface area contributed by atoms with Gasteiger partial charge in [0.25, 0.3) is 0 Å². The van der Waals surface area contributed by atoms with Gasteiger partial charge in [-0.1, -0.05) is 5.92 Å². The maximum absolute atomic E-state index is 11.5. The van der Waals surface area contributed by atoms with Crippen molar-refractivity contribution in [1.29, 1.82) is 0 Å². The lowest BCUT2D eigenvalue weighted by Crippen LogP contribution is -2.04. The molecular weight excluding hydrogens is 212 g/mol. The fourth-order valence-corrected chi connectivity index (χ4v) is 2.04. The molecule has 0 N–H and O–H groups in total. The molecule has 0 saturated heterocycles. The molecule has 0 atom stereocenters. The average Bonchev–Trinajstić information content (AvgIpc) is 2.19. The van der Waals surface area contributed by atoms with E-state index in [0.29, 0.717) is 12.4 Å². The topological polar surface area (TPSA) is 43.4 Å². The summed E-state index contributed by atoms with van der Waals surface area (Å²) < 4.78 is 28.2. The molecule has 1 rings (SSSR count). The number of ether oxygens (including phenoxy) is 1. The Kier molecular flexibility index (Phi) is 3.75. The van der Waals surface area contributed by atoms with Crippen LogP contribution in [0.4, 0.5) is 0 Å². The number of terminal acetylenes is 1. The molecule has 0 amide bonds. The number of hydrogen-bond donors (Lipinski definition) is 0. The molecule has 1 aromatic rings. The smallest absolute Gasteiger partial charge is 0.189 e. The van der Waals surface area contributed by atoms with Crippen LogP contribution in [0, 0.1) is 12.3 Å². The van der Waals surface area contributed by atoms with Crippen molar-refractivity contribution in [3.63, 3.8) is 0 Å². The third-order valence-corrected chi connectivity index (χ3v) is 3.30. The van der Waals surface area contributed by atoms with Gasteiger partial charge in [0, 0.05) is 0 Å². The van der Waals surface area contributed by atoms with Crippen LogP contribution in [-0.4, -0.2) is 20.8 Å². The summed E-state index contributed by atoms with van der Waals surface area (Å²) in [5.41, 5.74) is 0. The van der Waals surface area contributed by atoms with Gasteiger partial charge in [-0.05, 0) is 31.2 Å². The van der Waals surface area contributed by atoms with Gasteiger partial charge in [0.2, 0.25) is 0 Å². The highest BCUT2D eigenvalue weighted by atomic mass is 32.2. The molecule has 0 bridgehead atoms. The molecule has 15 heavy (non-hydrogen) atoms. The Bertz CT molecular complexity index is 452. The van der Waals surface area contributed by atoms with E-state index < -0.39 is 9.84 Å². The molecule has 0 fully saturated rings. The highest BCUT2D eigenvalue weighted by molar-refractivity contribution is 7.91. The Hall–Kier alpha value is -1.47. The highest BCUT2D eigenvalue weighted by Crippen LogP contribution is 2.16. The van der Waals surface area contributed by atoms with Crippen LogP contribution in [0.5, 0.6) is 5.75 Å². The molecule has 0 radical (unpaired) electrons. The second-order valence-electron chi connectivity index (χ2n) is 2.87. The van der Waals surface area contributed by atoms with Crippen molar-refractivity contribution >= 4 is 9.84 Å². The van der Waals surface area contributed by atoms with Crippen molar-refractivity contribution in [2.75, 3.05) is 12.4 Å². The molecule has 0 heterocycles. The normalized spacial score (nSPS) is 10.7. The molecule has 1 aromatic carbocycles. The van der Waals surface area contributed by atoms with Crippen LogP contribution in [0.3, 0.4) is 0 Å². The molecule has 4 heteroatoms. The van der Waals surface area contributed by atoms with Gasteiger partial charge in [0.1, 0.15) is 11.5 Å². The minimum atomic E-state index is -3.33. The van der Waals surface area contributed by atoms with E-state index in [9.17, 15) is 8.42 Å².